The van der Waals surface area contributed by atoms with Crippen LogP contribution in [0.5, 0.6) is 11.5 Å². The lowest BCUT2D eigenvalue weighted by molar-refractivity contribution is -0.385. The van der Waals surface area contributed by atoms with Gasteiger partial charge in [0, 0.05) is 6.07 Å². The van der Waals surface area contributed by atoms with Gasteiger partial charge in [-0.1, -0.05) is 24.3 Å². The third kappa shape index (κ3) is 2.64. The Morgan fingerprint density at radius 1 is 1.17 bits per heavy atom. The average Bonchev–Trinajstić information content (AvgIpc) is 2.40. The Hall–Kier alpha value is -2.40. The van der Waals surface area contributed by atoms with Crippen LogP contribution >= 0.6 is 0 Å². The second kappa shape index (κ2) is 5.29. The molecule has 0 unspecified atom stereocenters. The van der Waals surface area contributed by atoms with E-state index in [1.54, 1.807) is 30.3 Å². The highest BCUT2D eigenvalue weighted by atomic mass is 16.6. The predicted octanol–water partition coefficient (Wildman–Crippen LogP) is 2.88. The molecule has 0 radical (unpaired) electrons. The van der Waals surface area contributed by atoms with Crippen LogP contribution in [0.4, 0.5) is 5.69 Å². The van der Waals surface area contributed by atoms with E-state index in [0.29, 0.717) is 11.3 Å². The predicted molar refractivity (Wildman–Crippen MR) is 65.5 cm³/mol. The molecule has 0 aromatic heterocycles. The van der Waals surface area contributed by atoms with E-state index in [1.165, 1.54) is 12.1 Å². The van der Waals surface area contributed by atoms with Crippen LogP contribution in [0.25, 0.3) is 0 Å². The summed E-state index contributed by atoms with van der Waals surface area (Å²) in [5.41, 5.74) is 0.313. The van der Waals surface area contributed by atoms with E-state index < -0.39 is 4.92 Å². The number of aliphatic hydroxyl groups is 1. The largest absolute Gasteiger partial charge is 0.450 e. The maximum absolute atomic E-state index is 10.9. The zero-order valence-corrected chi connectivity index (χ0v) is 9.45. The zero-order chi connectivity index (χ0) is 13.0. The molecule has 2 rings (SSSR count). The van der Waals surface area contributed by atoms with E-state index in [4.69, 9.17) is 9.84 Å². The smallest absolute Gasteiger partial charge is 0.311 e. The Morgan fingerprint density at radius 3 is 2.50 bits per heavy atom. The van der Waals surface area contributed by atoms with Crippen LogP contribution in [-0.4, -0.2) is 10.0 Å². The summed E-state index contributed by atoms with van der Waals surface area (Å²) in [5.74, 6) is 0.681. The van der Waals surface area contributed by atoms with Crippen molar-refractivity contribution in [2.45, 2.75) is 6.61 Å². The fraction of sp³-hybridized carbons (Fsp3) is 0.0769. The number of nitrogens with zero attached hydrogens (tertiary/aromatic N) is 1. The number of nitro benzene ring substituents is 1. The summed E-state index contributed by atoms with van der Waals surface area (Å²) >= 11 is 0. The van der Waals surface area contributed by atoms with Crippen molar-refractivity contribution in [1.29, 1.82) is 0 Å². The van der Waals surface area contributed by atoms with Crippen LogP contribution in [0, 0.1) is 10.1 Å². The number of hydrogen-bond acceptors (Lipinski definition) is 4. The van der Waals surface area contributed by atoms with Gasteiger partial charge in [-0.3, -0.25) is 10.1 Å². The SMILES string of the molecule is O=[N+]([O-])c1cc(CO)ccc1Oc1ccccc1. The summed E-state index contributed by atoms with van der Waals surface area (Å²) < 4.78 is 5.45. The van der Waals surface area contributed by atoms with Crippen molar-refractivity contribution in [1.82, 2.24) is 0 Å². The number of ether oxygens (including phenoxy) is 1. The standard InChI is InChI=1S/C13H11NO4/c15-9-10-6-7-13(12(8-10)14(16)17)18-11-4-2-1-3-5-11/h1-8,15H,9H2. The Morgan fingerprint density at radius 2 is 1.89 bits per heavy atom. The van der Waals surface area contributed by atoms with Gasteiger partial charge in [0.05, 0.1) is 11.5 Å². The Labute approximate surface area is 103 Å². The zero-order valence-electron chi connectivity index (χ0n) is 9.45. The molecule has 2 aromatic rings. The molecular weight excluding hydrogens is 234 g/mol. The van der Waals surface area contributed by atoms with E-state index >= 15 is 0 Å². The monoisotopic (exact) mass is 245 g/mol. The summed E-state index contributed by atoms with van der Waals surface area (Å²) in [6, 6.07) is 13.2. The number of nitro groups is 1. The van der Waals surface area contributed by atoms with Gasteiger partial charge < -0.3 is 9.84 Å². The van der Waals surface area contributed by atoms with Gasteiger partial charge in [0.15, 0.2) is 0 Å². The third-order valence-electron chi connectivity index (χ3n) is 2.37. The van der Waals surface area contributed by atoms with Gasteiger partial charge in [-0.2, -0.15) is 0 Å². The summed E-state index contributed by atoms with van der Waals surface area (Å²) in [6.07, 6.45) is 0. The number of aliphatic hydroxyl groups excluding tert-OH is 1. The average molecular weight is 245 g/mol. The van der Waals surface area contributed by atoms with Gasteiger partial charge >= 0.3 is 5.69 Å². The van der Waals surface area contributed by atoms with Gasteiger partial charge in [-0.15, -0.1) is 0 Å². The molecule has 0 amide bonds. The topological polar surface area (TPSA) is 72.6 Å². The lowest BCUT2D eigenvalue weighted by Gasteiger charge is -2.06. The van der Waals surface area contributed by atoms with Crippen molar-refractivity contribution in [2.24, 2.45) is 0 Å². The lowest BCUT2D eigenvalue weighted by atomic mass is 10.2. The molecule has 5 nitrogen and oxygen atoms in total. The minimum absolute atomic E-state index is 0.156. The first-order valence-corrected chi connectivity index (χ1v) is 5.32. The quantitative estimate of drug-likeness (QED) is 0.664. The Kier molecular flexibility index (Phi) is 3.54. The molecule has 0 fully saturated rings. The summed E-state index contributed by atoms with van der Waals surface area (Å²) in [7, 11) is 0. The molecule has 18 heavy (non-hydrogen) atoms. The second-order valence-corrected chi connectivity index (χ2v) is 3.63. The maximum atomic E-state index is 10.9. The first-order chi connectivity index (χ1) is 8.70. The molecule has 0 saturated heterocycles. The fourth-order valence-corrected chi connectivity index (χ4v) is 1.51. The van der Waals surface area contributed by atoms with Crippen LogP contribution in [0.3, 0.4) is 0 Å². The maximum Gasteiger partial charge on any atom is 0.311 e. The van der Waals surface area contributed by atoms with E-state index in [0.717, 1.165) is 0 Å². The number of rotatable bonds is 4. The third-order valence-corrected chi connectivity index (χ3v) is 2.37. The van der Waals surface area contributed by atoms with Crippen molar-refractivity contribution in [3.63, 3.8) is 0 Å². The van der Waals surface area contributed by atoms with Crippen molar-refractivity contribution in [2.75, 3.05) is 0 Å². The molecule has 0 aliphatic carbocycles. The minimum atomic E-state index is -0.530. The molecule has 0 bridgehead atoms. The molecule has 92 valence electrons. The van der Waals surface area contributed by atoms with Crippen molar-refractivity contribution in [3.8, 4) is 11.5 Å². The van der Waals surface area contributed by atoms with E-state index in [9.17, 15) is 10.1 Å². The molecule has 0 heterocycles. The molecule has 0 saturated carbocycles. The molecule has 0 aliphatic heterocycles. The lowest BCUT2D eigenvalue weighted by Crippen LogP contribution is -1.95. The summed E-state index contributed by atoms with van der Waals surface area (Å²) in [4.78, 5) is 10.4. The highest BCUT2D eigenvalue weighted by Gasteiger charge is 2.16. The Bertz CT molecular complexity index is 554. The first-order valence-electron chi connectivity index (χ1n) is 5.32. The van der Waals surface area contributed by atoms with E-state index in [2.05, 4.69) is 0 Å². The van der Waals surface area contributed by atoms with Gasteiger partial charge in [0.2, 0.25) is 5.75 Å². The second-order valence-electron chi connectivity index (χ2n) is 3.63. The normalized spacial score (nSPS) is 10.1. The molecule has 2 aromatic carbocycles. The van der Waals surface area contributed by atoms with Gasteiger partial charge in [-0.25, -0.2) is 0 Å². The fourth-order valence-electron chi connectivity index (χ4n) is 1.51. The van der Waals surface area contributed by atoms with Gasteiger partial charge in [0.25, 0.3) is 0 Å². The highest BCUT2D eigenvalue weighted by Crippen LogP contribution is 2.31. The molecule has 0 spiro atoms. The van der Waals surface area contributed by atoms with Gasteiger partial charge in [0.1, 0.15) is 5.75 Å². The van der Waals surface area contributed by atoms with Gasteiger partial charge in [-0.05, 0) is 23.8 Å². The van der Waals surface area contributed by atoms with Crippen LogP contribution in [0.2, 0.25) is 0 Å². The first kappa shape index (κ1) is 12.1. The Balaban J connectivity index is 2.35. The van der Waals surface area contributed by atoms with Crippen LogP contribution in [0.15, 0.2) is 48.5 Å². The number of hydrogen-bond donors (Lipinski definition) is 1. The minimum Gasteiger partial charge on any atom is -0.450 e. The number of benzene rings is 2. The summed E-state index contributed by atoms with van der Waals surface area (Å²) in [5, 5.41) is 19.9. The van der Waals surface area contributed by atoms with Crippen LogP contribution in [-0.2, 0) is 6.61 Å². The molecule has 1 N–H and O–H groups in total. The molecule has 0 aliphatic rings. The molecule has 0 atom stereocenters. The van der Waals surface area contributed by atoms with Crippen molar-refractivity contribution in [3.05, 3.63) is 64.2 Å². The molecular formula is C13H11NO4. The highest BCUT2D eigenvalue weighted by molar-refractivity contribution is 5.50. The van der Waals surface area contributed by atoms with Crippen LogP contribution < -0.4 is 4.74 Å². The van der Waals surface area contributed by atoms with Crippen LogP contribution in [0.1, 0.15) is 5.56 Å². The van der Waals surface area contributed by atoms with Crippen molar-refractivity contribution < 1.29 is 14.8 Å². The van der Waals surface area contributed by atoms with E-state index in [1.807, 2.05) is 6.07 Å². The van der Waals surface area contributed by atoms with E-state index in [-0.39, 0.29) is 18.0 Å². The molecule has 5 heteroatoms. The van der Waals surface area contributed by atoms with Crippen molar-refractivity contribution >= 4 is 5.69 Å². The summed E-state index contributed by atoms with van der Waals surface area (Å²) in [6.45, 7) is -0.244. The number of para-hydroxylation sites is 1.